The zero-order chi connectivity index (χ0) is 14.2. The molecule has 0 aliphatic heterocycles. The van der Waals surface area contributed by atoms with Crippen LogP contribution in [0.2, 0.25) is 0 Å². The summed E-state index contributed by atoms with van der Waals surface area (Å²) in [6.45, 7) is 0.643. The molecule has 0 saturated carbocycles. The highest BCUT2D eigenvalue weighted by Crippen LogP contribution is 2.37. The monoisotopic (exact) mass is 277 g/mol. The first kappa shape index (κ1) is 12.2. The van der Waals surface area contributed by atoms with E-state index >= 15 is 0 Å². The fraction of sp³-hybridized carbons (Fsp3) is 0.188. The number of nitrogens with zero attached hydrogens (tertiary/aromatic N) is 4. The summed E-state index contributed by atoms with van der Waals surface area (Å²) in [5, 5.41) is 15.0. The van der Waals surface area contributed by atoms with Crippen LogP contribution in [0.25, 0.3) is 16.8 Å². The summed E-state index contributed by atoms with van der Waals surface area (Å²) in [5.41, 5.74) is 6.39. The van der Waals surface area contributed by atoms with Crippen LogP contribution in [0.5, 0.6) is 0 Å². The number of tetrazole rings is 1. The lowest BCUT2D eigenvalue weighted by atomic mass is 10.1. The first-order valence-corrected chi connectivity index (χ1v) is 7.00. The summed E-state index contributed by atoms with van der Waals surface area (Å²) in [7, 11) is 1.89. The van der Waals surface area contributed by atoms with Crippen molar-refractivity contribution in [3.8, 4) is 16.8 Å². The lowest BCUT2D eigenvalue weighted by Crippen LogP contribution is -2.12. The molecular weight excluding hydrogens is 262 g/mol. The molecule has 104 valence electrons. The smallest absolute Gasteiger partial charge is 0.170 e. The summed E-state index contributed by atoms with van der Waals surface area (Å²) < 4.78 is 1.79. The van der Waals surface area contributed by atoms with E-state index in [1.54, 1.807) is 4.68 Å². The van der Waals surface area contributed by atoms with Crippen LogP contribution in [0.15, 0.2) is 42.5 Å². The van der Waals surface area contributed by atoms with Crippen molar-refractivity contribution >= 4 is 0 Å². The molecule has 5 heteroatoms. The summed E-state index contributed by atoms with van der Waals surface area (Å²) in [6, 6.07) is 15.0. The Labute approximate surface area is 122 Å². The van der Waals surface area contributed by atoms with Crippen LogP contribution >= 0.6 is 0 Å². The van der Waals surface area contributed by atoms with E-state index in [1.165, 1.54) is 22.3 Å². The number of nitrogens with one attached hydrogen (secondary N) is 1. The predicted octanol–water partition coefficient (Wildman–Crippen LogP) is 1.95. The Morgan fingerprint density at radius 3 is 2.86 bits per heavy atom. The Morgan fingerprint density at radius 2 is 1.95 bits per heavy atom. The normalized spacial score (nSPS) is 12.2. The van der Waals surface area contributed by atoms with E-state index in [1.807, 2.05) is 7.05 Å². The van der Waals surface area contributed by atoms with Crippen molar-refractivity contribution < 1.29 is 0 Å². The Kier molecular flexibility index (Phi) is 2.79. The molecule has 0 amide bonds. The van der Waals surface area contributed by atoms with E-state index in [2.05, 4.69) is 63.3 Å². The van der Waals surface area contributed by atoms with Crippen LogP contribution in [0.3, 0.4) is 0 Å². The molecule has 3 aromatic rings. The van der Waals surface area contributed by atoms with E-state index in [4.69, 9.17) is 0 Å². The van der Waals surface area contributed by atoms with E-state index < -0.39 is 0 Å². The predicted molar refractivity (Wildman–Crippen MR) is 80.2 cm³/mol. The second-order valence-corrected chi connectivity index (χ2v) is 5.21. The van der Waals surface area contributed by atoms with Gasteiger partial charge in [-0.1, -0.05) is 30.3 Å². The number of rotatable bonds is 3. The van der Waals surface area contributed by atoms with Gasteiger partial charge in [0.05, 0.1) is 12.2 Å². The second kappa shape index (κ2) is 4.79. The van der Waals surface area contributed by atoms with Gasteiger partial charge >= 0.3 is 0 Å². The average Bonchev–Trinajstić information content (AvgIpc) is 3.10. The van der Waals surface area contributed by atoms with Crippen molar-refractivity contribution in [1.29, 1.82) is 0 Å². The highest BCUT2D eigenvalue weighted by atomic mass is 15.5. The summed E-state index contributed by atoms with van der Waals surface area (Å²) in [6.07, 6.45) is 0.975. The molecule has 0 atom stereocenters. The quantitative estimate of drug-likeness (QED) is 0.622. The third-order valence-electron chi connectivity index (χ3n) is 3.89. The zero-order valence-electron chi connectivity index (χ0n) is 11.7. The van der Waals surface area contributed by atoms with Gasteiger partial charge in [0.1, 0.15) is 0 Å². The van der Waals surface area contributed by atoms with E-state index in [-0.39, 0.29) is 0 Å². The molecule has 1 aliphatic carbocycles. The summed E-state index contributed by atoms with van der Waals surface area (Å²) >= 11 is 0. The van der Waals surface area contributed by atoms with Crippen LogP contribution in [0.4, 0.5) is 0 Å². The molecule has 21 heavy (non-hydrogen) atoms. The molecule has 4 rings (SSSR count). The van der Waals surface area contributed by atoms with Gasteiger partial charge in [0.15, 0.2) is 5.82 Å². The van der Waals surface area contributed by atoms with Gasteiger partial charge in [0.25, 0.3) is 0 Å². The van der Waals surface area contributed by atoms with Gasteiger partial charge in [-0.2, -0.15) is 4.68 Å². The third-order valence-corrected chi connectivity index (χ3v) is 3.89. The minimum absolute atomic E-state index is 0.643. The Balaban J connectivity index is 1.78. The molecular formula is C16H15N5. The van der Waals surface area contributed by atoms with Crippen molar-refractivity contribution in [3.63, 3.8) is 0 Å². The fourth-order valence-electron chi connectivity index (χ4n) is 2.94. The molecule has 1 N–H and O–H groups in total. The summed E-state index contributed by atoms with van der Waals surface area (Å²) in [4.78, 5) is 0. The second-order valence-electron chi connectivity index (χ2n) is 5.21. The molecule has 1 aromatic heterocycles. The maximum atomic E-state index is 4.10. The summed E-state index contributed by atoms with van der Waals surface area (Å²) in [5.74, 6) is 0.813. The van der Waals surface area contributed by atoms with Crippen LogP contribution in [0, 0.1) is 0 Å². The van der Waals surface area contributed by atoms with Crippen LogP contribution in [-0.2, 0) is 13.0 Å². The van der Waals surface area contributed by atoms with Crippen LogP contribution in [-0.4, -0.2) is 27.3 Å². The van der Waals surface area contributed by atoms with Crippen LogP contribution < -0.4 is 5.32 Å². The van der Waals surface area contributed by atoms with Crippen molar-refractivity contribution in [2.24, 2.45) is 0 Å². The van der Waals surface area contributed by atoms with Gasteiger partial charge in [0, 0.05) is 0 Å². The van der Waals surface area contributed by atoms with Crippen molar-refractivity contribution in [2.45, 2.75) is 13.0 Å². The van der Waals surface area contributed by atoms with Crippen molar-refractivity contribution in [3.05, 3.63) is 59.4 Å². The fourth-order valence-corrected chi connectivity index (χ4v) is 2.94. The number of hydrogen-bond acceptors (Lipinski definition) is 4. The van der Waals surface area contributed by atoms with Crippen molar-refractivity contribution in [2.75, 3.05) is 7.05 Å². The standard InChI is InChI=1S/C16H15N5/c1-17-10-16-18-19-20-21(16)13-6-7-15-12(9-13)8-11-4-2-3-5-14(11)15/h2-7,9,17H,8,10H2,1H3. The number of hydrogen-bond donors (Lipinski definition) is 1. The molecule has 2 aromatic carbocycles. The third kappa shape index (κ3) is 1.94. The van der Waals surface area contributed by atoms with Crippen molar-refractivity contribution in [1.82, 2.24) is 25.5 Å². The van der Waals surface area contributed by atoms with Gasteiger partial charge in [0.2, 0.25) is 0 Å². The minimum atomic E-state index is 0.643. The van der Waals surface area contributed by atoms with Gasteiger partial charge in [-0.15, -0.1) is 5.10 Å². The number of benzene rings is 2. The van der Waals surface area contributed by atoms with Gasteiger partial charge < -0.3 is 5.32 Å². The number of aromatic nitrogens is 4. The Morgan fingerprint density at radius 1 is 1.10 bits per heavy atom. The molecule has 0 saturated heterocycles. The minimum Gasteiger partial charge on any atom is -0.313 e. The highest BCUT2D eigenvalue weighted by Gasteiger charge is 2.19. The van der Waals surface area contributed by atoms with E-state index in [0.717, 1.165) is 17.9 Å². The largest absolute Gasteiger partial charge is 0.313 e. The first-order chi connectivity index (χ1) is 10.4. The van der Waals surface area contributed by atoms with E-state index in [9.17, 15) is 0 Å². The molecule has 0 bridgehead atoms. The zero-order valence-corrected chi connectivity index (χ0v) is 11.7. The topological polar surface area (TPSA) is 55.6 Å². The molecule has 5 nitrogen and oxygen atoms in total. The molecule has 0 spiro atoms. The number of fused-ring (bicyclic) bond motifs is 3. The molecule has 0 unspecified atom stereocenters. The SMILES string of the molecule is CNCc1nnnn1-c1ccc2c(c1)Cc1ccccc1-2. The highest BCUT2D eigenvalue weighted by molar-refractivity contribution is 5.77. The Bertz CT molecular complexity index is 806. The van der Waals surface area contributed by atoms with Gasteiger partial charge in [-0.25, -0.2) is 0 Å². The van der Waals surface area contributed by atoms with Gasteiger partial charge in [-0.05, 0) is 58.3 Å². The molecule has 1 aliphatic rings. The van der Waals surface area contributed by atoms with Gasteiger partial charge in [-0.3, -0.25) is 0 Å². The molecule has 0 fully saturated rings. The maximum Gasteiger partial charge on any atom is 0.170 e. The van der Waals surface area contributed by atoms with E-state index in [0.29, 0.717) is 6.54 Å². The molecule has 1 heterocycles. The average molecular weight is 277 g/mol. The maximum absolute atomic E-state index is 4.10. The Hall–Kier alpha value is -2.53. The van der Waals surface area contributed by atoms with Crippen LogP contribution in [0.1, 0.15) is 17.0 Å². The lowest BCUT2D eigenvalue weighted by molar-refractivity contribution is 0.708. The molecule has 0 radical (unpaired) electrons. The lowest BCUT2D eigenvalue weighted by Gasteiger charge is -2.07. The first-order valence-electron chi connectivity index (χ1n) is 7.00.